The molecule has 0 aromatic heterocycles. The molecule has 0 heterocycles. The molecule has 1 aromatic carbocycles. The number of esters is 1. The van der Waals surface area contributed by atoms with Crippen molar-refractivity contribution in [2.75, 3.05) is 20.2 Å². The van der Waals surface area contributed by atoms with Gasteiger partial charge in [-0.25, -0.2) is 0 Å². The first-order valence-corrected chi connectivity index (χ1v) is 7.88. The molecular weight excluding hydrogens is 405 g/mol. The van der Waals surface area contributed by atoms with E-state index in [1.165, 1.54) is 11.1 Å². The SMILES string of the molecule is CCOC(=O)CCCNC(=NC)NCc1ccccc1CC.I. The molecule has 130 valence electrons. The van der Waals surface area contributed by atoms with Gasteiger partial charge in [-0.05, 0) is 30.9 Å². The van der Waals surface area contributed by atoms with Crippen molar-refractivity contribution in [1.29, 1.82) is 0 Å². The van der Waals surface area contributed by atoms with E-state index in [2.05, 4.69) is 40.7 Å². The number of ether oxygens (including phenoxy) is 1. The summed E-state index contributed by atoms with van der Waals surface area (Å²) in [5.74, 6) is 0.596. The lowest BCUT2D eigenvalue weighted by Crippen LogP contribution is -2.37. The average molecular weight is 433 g/mol. The number of rotatable bonds is 8. The van der Waals surface area contributed by atoms with Gasteiger partial charge in [0, 0.05) is 26.6 Å². The Labute approximate surface area is 156 Å². The molecule has 1 rings (SSSR count). The number of nitrogens with one attached hydrogen (secondary N) is 2. The second kappa shape index (κ2) is 13.2. The number of nitrogens with zero attached hydrogens (tertiary/aromatic N) is 1. The third kappa shape index (κ3) is 8.78. The van der Waals surface area contributed by atoms with Crippen molar-refractivity contribution in [2.45, 2.75) is 39.7 Å². The Morgan fingerprint density at radius 1 is 1.17 bits per heavy atom. The van der Waals surface area contributed by atoms with Crippen LogP contribution < -0.4 is 10.6 Å². The van der Waals surface area contributed by atoms with Crippen LogP contribution in [0.1, 0.15) is 37.8 Å². The zero-order valence-corrected chi connectivity index (χ0v) is 16.6. The number of carbonyl (C=O) groups excluding carboxylic acids is 1. The molecular formula is C17H28IN3O2. The molecule has 23 heavy (non-hydrogen) atoms. The van der Waals surface area contributed by atoms with Gasteiger partial charge in [-0.15, -0.1) is 24.0 Å². The highest BCUT2D eigenvalue weighted by molar-refractivity contribution is 14.0. The summed E-state index contributed by atoms with van der Waals surface area (Å²) in [5.41, 5.74) is 2.62. The Morgan fingerprint density at radius 3 is 2.48 bits per heavy atom. The van der Waals surface area contributed by atoms with E-state index in [9.17, 15) is 4.79 Å². The van der Waals surface area contributed by atoms with E-state index in [4.69, 9.17) is 4.74 Å². The van der Waals surface area contributed by atoms with E-state index < -0.39 is 0 Å². The predicted molar refractivity (Wildman–Crippen MR) is 105 cm³/mol. The summed E-state index contributed by atoms with van der Waals surface area (Å²) in [5, 5.41) is 6.50. The molecule has 1 aromatic rings. The summed E-state index contributed by atoms with van der Waals surface area (Å²) >= 11 is 0. The summed E-state index contributed by atoms with van der Waals surface area (Å²) < 4.78 is 4.89. The standard InChI is InChI=1S/C17H27N3O2.HI/c1-4-14-9-6-7-10-15(14)13-20-17(18-3)19-12-8-11-16(21)22-5-2;/h6-7,9-10H,4-5,8,11-13H2,1-3H3,(H2,18,19,20);1H. The Hall–Kier alpha value is -1.31. The van der Waals surface area contributed by atoms with Crippen LogP contribution in [0.2, 0.25) is 0 Å². The highest BCUT2D eigenvalue weighted by Gasteiger charge is 2.03. The largest absolute Gasteiger partial charge is 0.466 e. The third-order valence-corrected chi connectivity index (χ3v) is 3.32. The highest BCUT2D eigenvalue weighted by atomic mass is 127. The topological polar surface area (TPSA) is 62.7 Å². The van der Waals surface area contributed by atoms with Crippen LogP contribution in [0.25, 0.3) is 0 Å². The molecule has 0 aliphatic rings. The quantitative estimate of drug-likeness (QED) is 0.218. The summed E-state index contributed by atoms with van der Waals surface area (Å²) in [6.45, 7) is 5.83. The monoisotopic (exact) mass is 433 g/mol. The first-order valence-electron chi connectivity index (χ1n) is 7.88. The molecule has 0 aliphatic carbocycles. The molecule has 0 amide bonds. The maximum atomic E-state index is 11.2. The summed E-state index contributed by atoms with van der Waals surface area (Å²) in [6, 6.07) is 8.38. The lowest BCUT2D eigenvalue weighted by atomic mass is 10.1. The lowest BCUT2D eigenvalue weighted by Gasteiger charge is -2.13. The van der Waals surface area contributed by atoms with E-state index in [0.717, 1.165) is 25.3 Å². The molecule has 2 N–H and O–H groups in total. The van der Waals surface area contributed by atoms with E-state index in [0.29, 0.717) is 19.6 Å². The number of halogens is 1. The Balaban J connectivity index is 0.00000484. The molecule has 0 radical (unpaired) electrons. The van der Waals surface area contributed by atoms with Crippen molar-refractivity contribution in [3.05, 3.63) is 35.4 Å². The minimum Gasteiger partial charge on any atom is -0.466 e. The van der Waals surface area contributed by atoms with Crippen molar-refractivity contribution in [3.63, 3.8) is 0 Å². The van der Waals surface area contributed by atoms with Crippen molar-refractivity contribution < 1.29 is 9.53 Å². The van der Waals surface area contributed by atoms with Crippen LogP contribution in [0, 0.1) is 0 Å². The predicted octanol–water partition coefficient (Wildman–Crippen LogP) is 2.88. The lowest BCUT2D eigenvalue weighted by molar-refractivity contribution is -0.143. The van der Waals surface area contributed by atoms with Crippen LogP contribution in [0.4, 0.5) is 0 Å². The van der Waals surface area contributed by atoms with Crippen molar-refractivity contribution in [3.8, 4) is 0 Å². The van der Waals surface area contributed by atoms with Gasteiger partial charge in [0.1, 0.15) is 0 Å². The van der Waals surface area contributed by atoms with Crippen LogP contribution in [-0.4, -0.2) is 32.1 Å². The second-order valence-corrected chi connectivity index (χ2v) is 4.88. The number of benzene rings is 1. The number of hydrogen-bond acceptors (Lipinski definition) is 3. The summed E-state index contributed by atoms with van der Waals surface area (Å²) in [6.07, 6.45) is 2.17. The fraction of sp³-hybridized carbons (Fsp3) is 0.529. The highest BCUT2D eigenvalue weighted by Crippen LogP contribution is 2.08. The van der Waals surface area contributed by atoms with Crippen LogP contribution in [0.15, 0.2) is 29.3 Å². The second-order valence-electron chi connectivity index (χ2n) is 4.88. The molecule has 5 nitrogen and oxygen atoms in total. The maximum absolute atomic E-state index is 11.2. The van der Waals surface area contributed by atoms with Crippen molar-refractivity contribution in [1.82, 2.24) is 10.6 Å². The van der Waals surface area contributed by atoms with Gasteiger partial charge in [-0.3, -0.25) is 9.79 Å². The Bertz CT molecular complexity index is 492. The number of aryl methyl sites for hydroxylation is 1. The molecule has 0 saturated carbocycles. The van der Waals surface area contributed by atoms with Gasteiger partial charge in [-0.1, -0.05) is 31.2 Å². The van der Waals surface area contributed by atoms with Crippen LogP contribution >= 0.6 is 24.0 Å². The fourth-order valence-corrected chi connectivity index (χ4v) is 2.15. The van der Waals surface area contributed by atoms with Gasteiger partial charge in [0.05, 0.1) is 6.61 Å². The Morgan fingerprint density at radius 2 is 1.87 bits per heavy atom. The normalized spacial score (nSPS) is 10.7. The molecule has 0 unspecified atom stereocenters. The van der Waals surface area contributed by atoms with Crippen LogP contribution in [-0.2, 0) is 22.5 Å². The first kappa shape index (κ1) is 21.7. The summed E-state index contributed by atoms with van der Waals surface area (Å²) in [7, 11) is 1.74. The van der Waals surface area contributed by atoms with Crippen LogP contribution in [0.5, 0.6) is 0 Å². The van der Waals surface area contributed by atoms with Gasteiger partial charge in [0.25, 0.3) is 0 Å². The number of aliphatic imine (C=N–C) groups is 1. The average Bonchev–Trinajstić information content (AvgIpc) is 2.54. The van der Waals surface area contributed by atoms with Gasteiger partial charge < -0.3 is 15.4 Å². The molecule has 0 spiro atoms. The smallest absolute Gasteiger partial charge is 0.305 e. The first-order chi connectivity index (χ1) is 10.7. The minimum atomic E-state index is -0.149. The molecule has 0 atom stereocenters. The van der Waals surface area contributed by atoms with Gasteiger partial charge in [0.2, 0.25) is 0 Å². The third-order valence-electron chi connectivity index (χ3n) is 3.32. The minimum absolute atomic E-state index is 0. The number of guanidine groups is 1. The van der Waals surface area contributed by atoms with E-state index in [1.807, 2.05) is 13.0 Å². The molecule has 0 aliphatic heterocycles. The molecule has 0 bridgehead atoms. The number of carbonyl (C=O) groups is 1. The summed E-state index contributed by atoms with van der Waals surface area (Å²) in [4.78, 5) is 15.4. The van der Waals surface area contributed by atoms with Crippen LogP contribution in [0.3, 0.4) is 0 Å². The number of hydrogen-bond donors (Lipinski definition) is 2. The molecule has 0 fully saturated rings. The maximum Gasteiger partial charge on any atom is 0.305 e. The fourth-order valence-electron chi connectivity index (χ4n) is 2.15. The van der Waals surface area contributed by atoms with Crippen molar-refractivity contribution in [2.24, 2.45) is 4.99 Å². The van der Waals surface area contributed by atoms with E-state index in [1.54, 1.807) is 7.05 Å². The van der Waals surface area contributed by atoms with Gasteiger partial charge in [-0.2, -0.15) is 0 Å². The molecule has 0 saturated heterocycles. The zero-order chi connectivity index (χ0) is 16.2. The van der Waals surface area contributed by atoms with E-state index in [-0.39, 0.29) is 29.9 Å². The van der Waals surface area contributed by atoms with Gasteiger partial charge >= 0.3 is 5.97 Å². The van der Waals surface area contributed by atoms with E-state index >= 15 is 0 Å². The zero-order valence-electron chi connectivity index (χ0n) is 14.2. The molecule has 6 heteroatoms. The van der Waals surface area contributed by atoms with Crippen molar-refractivity contribution >= 4 is 35.9 Å². The Kier molecular flexibility index (Phi) is 12.4. The van der Waals surface area contributed by atoms with Gasteiger partial charge in [0.15, 0.2) is 5.96 Å².